The van der Waals surface area contributed by atoms with Gasteiger partial charge in [0.2, 0.25) is 10.1 Å². The fourth-order valence-electron chi connectivity index (χ4n) is 3.13. The predicted octanol–water partition coefficient (Wildman–Crippen LogP) is 2.32. The lowest BCUT2D eigenvalue weighted by Crippen LogP contribution is -2.33. The van der Waals surface area contributed by atoms with E-state index in [4.69, 9.17) is 0 Å². The highest BCUT2D eigenvalue weighted by atomic mass is 32.1. The second kappa shape index (κ2) is 7.48. The summed E-state index contributed by atoms with van der Waals surface area (Å²) in [7, 11) is 0. The van der Waals surface area contributed by atoms with Gasteiger partial charge in [0.15, 0.2) is 0 Å². The van der Waals surface area contributed by atoms with Gasteiger partial charge >= 0.3 is 0 Å². The average Bonchev–Trinajstić information content (AvgIpc) is 3.13. The van der Waals surface area contributed by atoms with Gasteiger partial charge in [-0.15, -0.1) is 5.10 Å². The number of anilines is 1. The molecule has 1 aromatic carbocycles. The van der Waals surface area contributed by atoms with Gasteiger partial charge in [0.1, 0.15) is 5.56 Å². The van der Waals surface area contributed by atoms with Crippen molar-refractivity contribution in [3.8, 4) is 0 Å². The smallest absolute Gasteiger partial charge is 0.288 e. The number of rotatable bonds is 4. The van der Waals surface area contributed by atoms with Gasteiger partial charge in [-0.25, -0.2) is 4.98 Å². The van der Waals surface area contributed by atoms with E-state index in [1.165, 1.54) is 22.0 Å². The Morgan fingerprint density at radius 1 is 1.26 bits per heavy atom. The molecule has 140 valence electrons. The molecule has 1 N–H and O–H groups in total. The number of carbonyl (C=O) groups excluding carboxylic acids is 1. The summed E-state index contributed by atoms with van der Waals surface area (Å²) in [5.74, 6) is 0.281. The number of amides is 1. The van der Waals surface area contributed by atoms with Crippen molar-refractivity contribution >= 4 is 27.3 Å². The molecule has 7 nitrogen and oxygen atoms in total. The molecule has 0 radical (unpaired) electrons. The Labute approximate surface area is 160 Å². The van der Waals surface area contributed by atoms with E-state index < -0.39 is 11.5 Å². The Hall–Kier alpha value is -2.74. The second-order valence-electron chi connectivity index (χ2n) is 6.89. The van der Waals surface area contributed by atoms with Gasteiger partial charge in [-0.3, -0.25) is 9.59 Å². The van der Waals surface area contributed by atoms with E-state index in [0.717, 1.165) is 42.5 Å². The first-order valence-electron chi connectivity index (χ1n) is 9.08. The van der Waals surface area contributed by atoms with E-state index in [-0.39, 0.29) is 5.56 Å². The zero-order valence-corrected chi connectivity index (χ0v) is 15.9. The summed E-state index contributed by atoms with van der Waals surface area (Å²) in [4.78, 5) is 32.1. The third kappa shape index (κ3) is 3.71. The van der Waals surface area contributed by atoms with Crippen LogP contribution in [-0.2, 0) is 6.54 Å². The monoisotopic (exact) mass is 383 g/mol. The minimum absolute atomic E-state index is 0.00699. The first-order valence-corrected chi connectivity index (χ1v) is 9.89. The van der Waals surface area contributed by atoms with E-state index >= 15 is 0 Å². The highest BCUT2D eigenvalue weighted by molar-refractivity contribution is 7.20. The minimum atomic E-state index is -0.438. The molecule has 0 spiro atoms. The maximum Gasteiger partial charge on any atom is 0.288 e. The van der Waals surface area contributed by atoms with Crippen LogP contribution in [0.5, 0.6) is 0 Å². The summed E-state index contributed by atoms with van der Waals surface area (Å²) >= 11 is 1.38. The van der Waals surface area contributed by atoms with E-state index in [2.05, 4.69) is 27.2 Å². The van der Waals surface area contributed by atoms with Crippen LogP contribution in [0.3, 0.4) is 0 Å². The zero-order valence-electron chi connectivity index (χ0n) is 15.1. The van der Waals surface area contributed by atoms with Crippen LogP contribution < -0.4 is 15.8 Å². The van der Waals surface area contributed by atoms with Crippen LogP contribution in [0.15, 0.2) is 41.3 Å². The third-order valence-electron chi connectivity index (χ3n) is 4.87. The van der Waals surface area contributed by atoms with E-state index in [1.54, 1.807) is 0 Å². The number of hydrogen-bond acceptors (Lipinski definition) is 6. The quantitative estimate of drug-likeness (QED) is 0.748. The summed E-state index contributed by atoms with van der Waals surface area (Å²) in [6.45, 7) is 4.47. The molecule has 0 atom stereocenters. The molecular weight excluding hydrogens is 362 g/mol. The lowest BCUT2D eigenvalue weighted by molar-refractivity contribution is 0.0948. The van der Waals surface area contributed by atoms with Gasteiger partial charge in [-0.1, -0.05) is 48.6 Å². The van der Waals surface area contributed by atoms with Crippen molar-refractivity contribution in [2.75, 3.05) is 18.0 Å². The van der Waals surface area contributed by atoms with Crippen LogP contribution >= 0.6 is 11.3 Å². The summed E-state index contributed by atoms with van der Waals surface area (Å²) in [5.41, 5.74) is 0.543. The largest absolute Gasteiger partial charge is 0.348 e. The molecule has 0 unspecified atom stereocenters. The number of nitrogens with one attached hydrogen (secondary N) is 1. The number of piperidine rings is 1. The predicted molar refractivity (Wildman–Crippen MR) is 105 cm³/mol. The molecule has 8 heteroatoms. The van der Waals surface area contributed by atoms with Crippen molar-refractivity contribution in [2.45, 2.75) is 26.3 Å². The third-order valence-corrected chi connectivity index (χ3v) is 5.85. The Kier molecular flexibility index (Phi) is 4.89. The molecule has 1 saturated heterocycles. The van der Waals surface area contributed by atoms with E-state index in [0.29, 0.717) is 11.5 Å². The van der Waals surface area contributed by atoms with E-state index in [9.17, 15) is 9.59 Å². The first kappa shape index (κ1) is 17.7. The second-order valence-corrected chi connectivity index (χ2v) is 7.83. The SMILES string of the molecule is CC1CCN(c2nn3c(=O)c(C(=O)NCc4ccccc4)cnc3s2)CC1. The molecular formula is C19H21N5O2S. The van der Waals surface area contributed by atoms with Gasteiger partial charge in [0.25, 0.3) is 11.5 Å². The Morgan fingerprint density at radius 3 is 2.74 bits per heavy atom. The molecule has 1 aliphatic heterocycles. The van der Waals surface area contributed by atoms with Gasteiger partial charge in [-0.05, 0) is 24.3 Å². The highest BCUT2D eigenvalue weighted by Crippen LogP contribution is 2.26. The Balaban J connectivity index is 1.54. The summed E-state index contributed by atoms with van der Waals surface area (Å²) in [6, 6.07) is 9.56. The molecule has 0 saturated carbocycles. The molecule has 1 aliphatic rings. The highest BCUT2D eigenvalue weighted by Gasteiger charge is 2.21. The van der Waals surface area contributed by atoms with Crippen LogP contribution in [0.4, 0.5) is 5.13 Å². The molecule has 0 bridgehead atoms. The standard InChI is InChI=1S/C19H21N5O2S/c1-13-7-9-23(10-8-13)19-22-24-17(26)15(12-21-18(24)27-19)16(25)20-11-14-5-3-2-4-6-14/h2-6,12-13H,7-11H2,1H3,(H,20,25). The summed E-state index contributed by atoms with van der Waals surface area (Å²) in [5, 5.41) is 7.98. The molecule has 0 aliphatic carbocycles. The fourth-order valence-corrected chi connectivity index (χ4v) is 4.05. The number of aromatic nitrogens is 3. The summed E-state index contributed by atoms with van der Waals surface area (Å²) < 4.78 is 1.25. The first-order chi connectivity index (χ1) is 13.1. The van der Waals surface area contributed by atoms with Crippen molar-refractivity contribution in [3.05, 3.63) is 58.0 Å². The van der Waals surface area contributed by atoms with Crippen molar-refractivity contribution in [2.24, 2.45) is 5.92 Å². The number of fused-ring (bicyclic) bond motifs is 1. The van der Waals surface area contributed by atoms with Crippen LogP contribution in [0.1, 0.15) is 35.7 Å². The zero-order chi connectivity index (χ0) is 18.8. The fraction of sp³-hybridized carbons (Fsp3) is 0.368. The van der Waals surface area contributed by atoms with Gasteiger partial charge in [0.05, 0.1) is 0 Å². The Bertz CT molecular complexity index is 1010. The molecule has 1 fully saturated rings. The molecule has 4 rings (SSSR count). The van der Waals surface area contributed by atoms with Crippen LogP contribution in [0, 0.1) is 5.92 Å². The number of carbonyl (C=O) groups is 1. The molecule has 3 heterocycles. The van der Waals surface area contributed by atoms with Crippen molar-refractivity contribution in [3.63, 3.8) is 0 Å². The molecule has 3 aromatic rings. The Morgan fingerprint density at radius 2 is 2.00 bits per heavy atom. The number of hydrogen-bond donors (Lipinski definition) is 1. The van der Waals surface area contributed by atoms with Gasteiger partial charge in [-0.2, -0.15) is 4.52 Å². The van der Waals surface area contributed by atoms with Gasteiger partial charge in [0, 0.05) is 25.8 Å². The van der Waals surface area contributed by atoms with Gasteiger partial charge < -0.3 is 10.2 Å². The molecule has 2 aromatic heterocycles. The topological polar surface area (TPSA) is 79.6 Å². The van der Waals surface area contributed by atoms with Crippen LogP contribution in [0.2, 0.25) is 0 Å². The van der Waals surface area contributed by atoms with Crippen LogP contribution in [0.25, 0.3) is 4.96 Å². The minimum Gasteiger partial charge on any atom is -0.348 e. The number of benzene rings is 1. The maximum atomic E-state index is 12.7. The molecule has 27 heavy (non-hydrogen) atoms. The van der Waals surface area contributed by atoms with Crippen molar-refractivity contribution < 1.29 is 4.79 Å². The lowest BCUT2D eigenvalue weighted by Gasteiger charge is -2.29. The number of nitrogens with zero attached hydrogens (tertiary/aromatic N) is 4. The van der Waals surface area contributed by atoms with Crippen LogP contribution in [-0.4, -0.2) is 33.6 Å². The van der Waals surface area contributed by atoms with Crippen molar-refractivity contribution in [1.82, 2.24) is 19.9 Å². The summed E-state index contributed by atoms with van der Waals surface area (Å²) in [6.07, 6.45) is 3.58. The molecule has 1 amide bonds. The maximum absolute atomic E-state index is 12.7. The normalized spacial score (nSPS) is 15.2. The van der Waals surface area contributed by atoms with E-state index in [1.807, 2.05) is 30.3 Å². The average molecular weight is 383 g/mol. The van der Waals surface area contributed by atoms with Crippen molar-refractivity contribution in [1.29, 1.82) is 0 Å². The lowest BCUT2D eigenvalue weighted by atomic mass is 10.00.